The number of aryl methyl sites for hydroxylation is 3. The average molecular weight is 439 g/mol. The minimum Gasteiger partial charge on any atom is -0.148 e. The van der Waals surface area contributed by atoms with Crippen molar-refractivity contribution in [1.82, 2.24) is 0 Å². The second-order valence-electron chi connectivity index (χ2n) is 10.6. The monoisotopic (exact) mass is 438 g/mol. The third-order valence-electron chi connectivity index (χ3n) is 6.56. The van der Waals surface area contributed by atoms with Crippen LogP contribution in [0.3, 0.4) is 0 Å². The van der Waals surface area contributed by atoms with Gasteiger partial charge in [-0.3, -0.25) is 0 Å². The second kappa shape index (κ2) is 7.42. The van der Waals surface area contributed by atoms with E-state index in [2.05, 4.69) is 108 Å². The first kappa shape index (κ1) is 21.2. The molecule has 5 aromatic rings. The normalized spacial score (nSPS) is 12.3. The molecular weight excluding hydrogens is 406 g/mol. The highest BCUT2D eigenvalue weighted by atomic mass is 32.1. The van der Waals surface area contributed by atoms with Crippen LogP contribution in [-0.4, -0.2) is 0 Å². The predicted molar refractivity (Wildman–Crippen MR) is 140 cm³/mol. The number of rotatable bonds is 2. The molecule has 0 bridgehead atoms. The van der Waals surface area contributed by atoms with Crippen LogP contribution < -0.4 is 4.57 Å². The number of benzene rings is 3. The van der Waals surface area contributed by atoms with Gasteiger partial charge in [0, 0.05) is 34.7 Å². The Bertz CT molecular complexity index is 1510. The van der Waals surface area contributed by atoms with Crippen LogP contribution in [0, 0.1) is 33.1 Å². The summed E-state index contributed by atoms with van der Waals surface area (Å²) in [5.41, 5.74) is 8.30. The molecule has 162 valence electrons. The van der Waals surface area contributed by atoms with Gasteiger partial charge in [0.2, 0.25) is 5.69 Å². The second-order valence-corrected chi connectivity index (χ2v) is 11.6. The lowest BCUT2D eigenvalue weighted by Crippen LogP contribution is -2.35. The van der Waals surface area contributed by atoms with Crippen molar-refractivity contribution >= 4 is 42.4 Å². The fourth-order valence-corrected chi connectivity index (χ4v) is 6.38. The Labute approximate surface area is 195 Å². The van der Waals surface area contributed by atoms with E-state index >= 15 is 0 Å². The number of pyridine rings is 1. The van der Waals surface area contributed by atoms with Gasteiger partial charge in [0.05, 0.1) is 5.39 Å². The summed E-state index contributed by atoms with van der Waals surface area (Å²) in [6.07, 6.45) is 1.10. The maximum absolute atomic E-state index is 2.47. The van der Waals surface area contributed by atoms with E-state index in [-0.39, 0.29) is 0 Å². The van der Waals surface area contributed by atoms with Crippen molar-refractivity contribution in [2.45, 2.75) is 54.9 Å². The highest BCUT2D eigenvalue weighted by Crippen LogP contribution is 2.38. The van der Waals surface area contributed by atoms with Crippen molar-refractivity contribution < 1.29 is 4.57 Å². The molecule has 2 heterocycles. The smallest absolute Gasteiger partial charge is 0.148 e. The molecule has 0 saturated carbocycles. The molecule has 0 amide bonds. The van der Waals surface area contributed by atoms with Crippen LogP contribution in [0.1, 0.15) is 48.7 Å². The van der Waals surface area contributed by atoms with E-state index in [1.165, 1.54) is 64.7 Å². The molecule has 0 saturated heterocycles. The zero-order valence-corrected chi connectivity index (χ0v) is 21.1. The van der Waals surface area contributed by atoms with Gasteiger partial charge in [0.1, 0.15) is 0 Å². The topological polar surface area (TPSA) is 3.88 Å². The van der Waals surface area contributed by atoms with Gasteiger partial charge in [-0.1, -0.05) is 68.5 Å². The van der Waals surface area contributed by atoms with E-state index in [1.54, 1.807) is 0 Å². The van der Waals surface area contributed by atoms with Crippen LogP contribution in [0.5, 0.6) is 0 Å². The van der Waals surface area contributed by atoms with Crippen LogP contribution in [-0.2, 0) is 6.42 Å². The van der Waals surface area contributed by atoms with Gasteiger partial charge in [0.15, 0.2) is 5.69 Å². The fraction of sp³-hybridized carbons (Fsp3) is 0.300. The van der Waals surface area contributed by atoms with Crippen molar-refractivity contribution in [2.75, 3.05) is 0 Å². The third-order valence-corrected chi connectivity index (χ3v) is 7.80. The Kier molecular flexibility index (Phi) is 4.90. The van der Waals surface area contributed by atoms with Gasteiger partial charge >= 0.3 is 0 Å². The highest BCUT2D eigenvalue weighted by molar-refractivity contribution is 7.26. The molecule has 0 fully saturated rings. The molecule has 0 radical (unpaired) electrons. The van der Waals surface area contributed by atoms with Crippen LogP contribution >= 0.6 is 11.3 Å². The van der Waals surface area contributed by atoms with E-state index in [1.807, 2.05) is 11.3 Å². The molecule has 0 aliphatic heterocycles. The minimum atomic E-state index is 0.294. The molecular formula is C30H32NS+. The Hall–Kier alpha value is -2.71. The molecule has 0 atom stereocenters. The summed E-state index contributed by atoms with van der Waals surface area (Å²) in [7, 11) is 0. The van der Waals surface area contributed by atoms with Gasteiger partial charge < -0.3 is 0 Å². The molecule has 0 unspecified atom stereocenters. The predicted octanol–water partition coefficient (Wildman–Crippen LogP) is 8.31. The van der Waals surface area contributed by atoms with Crippen LogP contribution in [0.25, 0.3) is 36.8 Å². The highest BCUT2D eigenvalue weighted by Gasteiger charge is 2.23. The van der Waals surface area contributed by atoms with Gasteiger partial charge in [-0.15, -0.1) is 4.57 Å². The number of thiophene rings is 1. The molecule has 5 rings (SSSR count). The Balaban J connectivity index is 1.80. The largest absolute Gasteiger partial charge is 0.276 e. The number of aromatic nitrogens is 1. The zero-order valence-electron chi connectivity index (χ0n) is 20.3. The van der Waals surface area contributed by atoms with E-state index in [4.69, 9.17) is 0 Å². The number of hydrogen-bond acceptors (Lipinski definition) is 1. The van der Waals surface area contributed by atoms with Gasteiger partial charge in [-0.25, -0.2) is 0 Å². The van der Waals surface area contributed by atoms with Crippen molar-refractivity contribution in [1.29, 1.82) is 0 Å². The Morgan fingerprint density at radius 3 is 2.25 bits per heavy atom. The van der Waals surface area contributed by atoms with Gasteiger partial charge in [-0.05, 0) is 66.1 Å². The third kappa shape index (κ3) is 3.51. The molecule has 0 aliphatic rings. The van der Waals surface area contributed by atoms with Crippen molar-refractivity contribution in [3.05, 3.63) is 82.5 Å². The molecule has 0 N–H and O–H groups in total. The molecule has 1 nitrogen and oxygen atoms in total. The fourth-order valence-electron chi connectivity index (χ4n) is 4.98. The van der Waals surface area contributed by atoms with E-state index in [9.17, 15) is 0 Å². The standard InChI is InChI=1S/C30H32NS/c1-18-14-19(2)21(4)27(15-18)31-20(3)8-11-26-25-13-10-23-16-22(17-30(5,6)7)9-12-24(23)28(25)32-29(26)31/h8-16H,17H2,1-7H3/q+1. The molecule has 32 heavy (non-hydrogen) atoms. The molecule has 2 heteroatoms. The molecule has 0 spiro atoms. The van der Waals surface area contributed by atoms with E-state index in [0.717, 1.165) is 6.42 Å². The summed E-state index contributed by atoms with van der Waals surface area (Å²) in [5.74, 6) is 0. The SMILES string of the molecule is Cc1cc(C)c(C)c(-[n+]2c(C)ccc3c4ccc5cc(CC(C)(C)C)ccc5c4sc32)c1. The summed E-state index contributed by atoms with van der Waals surface area (Å²) in [6.45, 7) is 15.8. The Morgan fingerprint density at radius 2 is 1.50 bits per heavy atom. The lowest BCUT2D eigenvalue weighted by Gasteiger charge is -2.18. The summed E-state index contributed by atoms with van der Waals surface area (Å²) in [5, 5.41) is 5.41. The van der Waals surface area contributed by atoms with Crippen molar-refractivity contribution in [3.8, 4) is 5.69 Å². The summed E-state index contributed by atoms with van der Waals surface area (Å²) in [4.78, 5) is 1.33. The maximum Gasteiger partial charge on any atom is 0.276 e. The average Bonchev–Trinajstić information content (AvgIpc) is 3.08. The Morgan fingerprint density at radius 1 is 0.781 bits per heavy atom. The van der Waals surface area contributed by atoms with Crippen molar-refractivity contribution in [2.24, 2.45) is 5.41 Å². The lowest BCUT2D eigenvalue weighted by molar-refractivity contribution is -0.572. The first-order chi connectivity index (χ1) is 15.1. The van der Waals surface area contributed by atoms with Crippen LogP contribution in [0.2, 0.25) is 0 Å². The zero-order chi connectivity index (χ0) is 22.8. The van der Waals surface area contributed by atoms with Gasteiger partial charge in [0.25, 0.3) is 4.83 Å². The van der Waals surface area contributed by atoms with Crippen LogP contribution in [0.4, 0.5) is 0 Å². The summed E-state index contributed by atoms with van der Waals surface area (Å²) >= 11 is 1.93. The first-order valence-corrected chi connectivity index (χ1v) is 12.3. The summed E-state index contributed by atoms with van der Waals surface area (Å²) in [6, 6.07) is 20.9. The van der Waals surface area contributed by atoms with Gasteiger partial charge in [-0.2, -0.15) is 0 Å². The molecule has 3 aromatic carbocycles. The number of hydrogen-bond donors (Lipinski definition) is 0. The first-order valence-electron chi connectivity index (χ1n) is 11.5. The quantitative estimate of drug-likeness (QED) is 0.244. The van der Waals surface area contributed by atoms with E-state index < -0.39 is 0 Å². The minimum absolute atomic E-state index is 0.294. The van der Waals surface area contributed by atoms with Crippen LogP contribution in [0.15, 0.2) is 54.6 Å². The van der Waals surface area contributed by atoms with E-state index in [0.29, 0.717) is 5.41 Å². The maximum atomic E-state index is 2.47. The summed E-state index contributed by atoms with van der Waals surface area (Å²) < 4.78 is 3.86. The number of fused-ring (bicyclic) bond motifs is 5. The molecule has 0 aliphatic carbocycles. The van der Waals surface area contributed by atoms with Crippen molar-refractivity contribution in [3.63, 3.8) is 0 Å². The lowest BCUT2D eigenvalue weighted by atomic mass is 9.87. The number of nitrogens with zero attached hydrogens (tertiary/aromatic N) is 1. The molecule has 2 aromatic heterocycles.